The van der Waals surface area contributed by atoms with Gasteiger partial charge in [-0.25, -0.2) is 0 Å². The van der Waals surface area contributed by atoms with Gasteiger partial charge in [-0.3, -0.25) is 4.99 Å². The van der Waals surface area contributed by atoms with E-state index in [9.17, 15) is 0 Å². The summed E-state index contributed by atoms with van der Waals surface area (Å²) >= 11 is 0. The quantitative estimate of drug-likeness (QED) is 0.0975. The lowest BCUT2D eigenvalue weighted by atomic mass is 9.86. The highest BCUT2D eigenvalue weighted by atomic mass is 16.5. The first-order valence-corrected chi connectivity index (χ1v) is 15.8. The number of hydrogen-bond donors (Lipinski definition) is 0. The molecule has 5 nitrogen and oxygen atoms in total. The Morgan fingerprint density at radius 1 is 0.766 bits per heavy atom. The minimum absolute atomic E-state index is 0.256. The maximum absolute atomic E-state index is 6.31. The Kier molecular flexibility index (Phi) is 11.1. The number of aliphatic imine (C=N–C) groups is 1. The van der Waals surface area contributed by atoms with Crippen molar-refractivity contribution in [1.82, 2.24) is 0 Å². The maximum Gasteiger partial charge on any atom is 0.203 e. The first-order valence-electron chi connectivity index (χ1n) is 15.8. The van der Waals surface area contributed by atoms with Gasteiger partial charge in [0.1, 0.15) is 12.4 Å². The summed E-state index contributed by atoms with van der Waals surface area (Å²) in [5.41, 5.74) is 8.69. The van der Waals surface area contributed by atoms with Crippen LogP contribution in [0.5, 0.6) is 17.2 Å². The minimum Gasteiger partial charge on any atom is -0.493 e. The molecule has 0 radical (unpaired) electrons. The highest BCUT2D eigenvalue weighted by Crippen LogP contribution is 2.44. The van der Waals surface area contributed by atoms with Gasteiger partial charge in [0, 0.05) is 18.2 Å². The number of nitrogens with zero attached hydrogens (tertiary/aromatic N) is 1. The van der Waals surface area contributed by atoms with Crippen LogP contribution in [0.25, 0.3) is 11.1 Å². The van der Waals surface area contributed by atoms with E-state index < -0.39 is 0 Å². The van der Waals surface area contributed by atoms with Crippen LogP contribution in [-0.4, -0.2) is 40.2 Å². The van der Waals surface area contributed by atoms with Crippen molar-refractivity contribution in [3.8, 4) is 17.2 Å². The van der Waals surface area contributed by atoms with Gasteiger partial charge in [-0.2, -0.15) is 0 Å². The van der Waals surface area contributed by atoms with Gasteiger partial charge >= 0.3 is 0 Å². The van der Waals surface area contributed by atoms with Crippen molar-refractivity contribution in [2.45, 2.75) is 25.2 Å². The molecule has 240 valence electrons. The molecule has 5 rings (SSSR count). The molecule has 2 atom stereocenters. The van der Waals surface area contributed by atoms with Crippen molar-refractivity contribution < 1.29 is 18.9 Å². The van der Waals surface area contributed by atoms with E-state index in [0.717, 1.165) is 28.8 Å². The van der Waals surface area contributed by atoms with Crippen LogP contribution < -0.4 is 14.2 Å². The first-order chi connectivity index (χ1) is 22.9. The smallest absolute Gasteiger partial charge is 0.203 e. The Morgan fingerprint density at radius 2 is 1.36 bits per heavy atom. The topological polar surface area (TPSA) is 49.3 Å². The largest absolute Gasteiger partial charge is 0.493 e. The van der Waals surface area contributed by atoms with Crippen molar-refractivity contribution in [3.63, 3.8) is 0 Å². The van der Waals surface area contributed by atoms with E-state index in [1.807, 2.05) is 37.3 Å². The van der Waals surface area contributed by atoms with E-state index in [4.69, 9.17) is 23.9 Å². The molecule has 1 aliphatic rings. The second kappa shape index (κ2) is 15.8. The minimum atomic E-state index is -0.302. The second-order valence-electron chi connectivity index (χ2n) is 11.5. The van der Waals surface area contributed by atoms with Gasteiger partial charge in [-0.15, -0.1) is 0 Å². The van der Waals surface area contributed by atoms with Gasteiger partial charge in [0.2, 0.25) is 5.75 Å². The summed E-state index contributed by atoms with van der Waals surface area (Å²) in [6.45, 7) is 11.8. The van der Waals surface area contributed by atoms with Crippen LogP contribution in [-0.2, 0) is 4.74 Å². The van der Waals surface area contributed by atoms with Crippen LogP contribution in [0.2, 0.25) is 0 Å². The van der Waals surface area contributed by atoms with Gasteiger partial charge in [-0.1, -0.05) is 116 Å². The van der Waals surface area contributed by atoms with E-state index in [0.29, 0.717) is 36.2 Å². The standard InChI is InChI=1S/C42H43NO4/c1-29(43-23-22-35-24-37(32-16-10-7-11-17-32)25-38(35)33-18-12-8-13-19-33)28-47-31(3)41(34-20-14-9-15-21-34)30(2)36-26-39(44-4)42(46-6)40(27-36)45-5/h7-21,24-27,37,41H,2-3,22-23,28H2,1,4-6H3. The Labute approximate surface area is 279 Å². The summed E-state index contributed by atoms with van der Waals surface area (Å²) in [5.74, 6) is 2.18. The van der Waals surface area contributed by atoms with Crippen LogP contribution in [0.15, 0.2) is 145 Å². The lowest BCUT2D eigenvalue weighted by molar-refractivity contribution is 0.247. The monoisotopic (exact) mass is 625 g/mol. The number of rotatable bonds is 15. The van der Waals surface area contributed by atoms with E-state index in [2.05, 4.69) is 98.1 Å². The molecule has 0 amide bonds. The predicted molar refractivity (Wildman–Crippen MR) is 194 cm³/mol. The summed E-state index contributed by atoms with van der Waals surface area (Å²) in [4.78, 5) is 4.90. The zero-order valence-corrected chi connectivity index (χ0v) is 27.7. The van der Waals surface area contributed by atoms with Crippen molar-refractivity contribution >= 4 is 16.9 Å². The Balaban J connectivity index is 1.29. The predicted octanol–water partition coefficient (Wildman–Crippen LogP) is 9.70. The molecule has 0 N–H and O–H groups in total. The molecule has 47 heavy (non-hydrogen) atoms. The van der Waals surface area contributed by atoms with Gasteiger partial charge in [0.25, 0.3) is 0 Å². The van der Waals surface area contributed by atoms with Crippen LogP contribution in [0.1, 0.15) is 47.4 Å². The highest BCUT2D eigenvalue weighted by molar-refractivity contribution is 5.85. The first kappa shape index (κ1) is 33.1. The summed E-state index contributed by atoms with van der Waals surface area (Å²) < 4.78 is 23.0. The zero-order valence-electron chi connectivity index (χ0n) is 27.7. The molecule has 0 aromatic heterocycles. The van der Waals surface area contributed by atoms with Crippen molar-refractivity contribution in [3.05, 3.63) is 162 Å². The third kappa shape index (κ3) is 7.93. The third-order valence-electron chi connectivity index (χ3n) is 8.41. The Bertz CT molecular complexity index is 1750. The summed E-state index contributed by atoms with van der Waals surface area (Å²) in [6, 6.07) is 35.1. The van der Waals surface area contributed by atoms with E-state index >= 15 is 0 Å². The molecule has 4 aromatic rings. The number of ether oxygens (including phenoxy) is 4. The maximum atomic E-state index is 6.31. The van der Waals surface area contributed by atoms with Gasteiger partial charge in [-0.05, 0) is 64.5 Å². The molecule has 0 fully saturated rings. The van der Waals surface area contributed by atoms with Crippen molar-refractivity contribution in [1.29, 1.82) is 0 Å². The number of allylic oxidation sites excluding steroid dienone is 4. The molecule has 5 heteroatoms. The third-order valence-corrected chi connectivity index (χ3v) is 8.41. The second-order valence-corrected chi connectivity index (χ2v) is 11.5. The fraction of sp³-hybridized carbons (Fsp3) is 0.214. The molecule has 2 unspecified atom stereocenters. The van der Waals surface area contributed by atoms with Crippen LogP contribution in [0, 0.1) is 0 Å². The number of hydrogen-bond acceptors (Lipinski definition) is 5. The van der Waals surface area contributed by atoms with E-state index in [1.165, 1.54) is 22.3 Å². The Hall–Kier alpha value is -5.29. The molecule has 0 saturated heterocycles. The van der Waals surface area contributed by atoms with Crippen molar-refractivity contribution in [2.75, 3.05) is 34.5 Å². The fourth-order valence-corrected chi connectivity index (χ4v) is 5.98. The van der Waals surface area contributed by atoms with E-state index in [-0.39, 0.29) is 11.8 Å². The van der Waals surface area contributed by atoms with Crippen LogP contribution in [0.3, 0.4) is 0 Å². The van der Waals surface area contributed by atoms with Crippen molar-refractivity contribution in [2.24, 2.45) is 4.99 Å². The molecular weight excluding hydrogens is 582 g/mol. The lowest BCUT2D eigenvalue weighted by Crippen LogP contribution is -2.12. The van der Waals surface area contributed by atoms with Gasteiger partial charge < -0.3 is 18.9 Å². The lowest BCUT2D eigenvalue weighted by Gasteiger charge is -2.24. The summed E-state index contributed by atoms with van der Waals surface area (Å²) in [7, 11) is 4.80. The molecule has 0 aliphatic heterocycles. The summed E-state index contributed by atoms with van der Waals surface area (Å²) in [5, 5.41) is 0. The molecular formula is C42H43NO4. The average molecular weight is 626 g/mol. The molecule has 0 heterocycles. The number of benzene rings is 4. The fourth-order valence-electron chi connectivity index (χ4n) is 5.98. The SMILES string of the molecule is C=C(OCC(C)=NCCC1=CC(c2ccccc2)C=C1c1ccccc1)C(C(=C)c1cc(OC)c(OC)c(OC)c1)c1ccccc1. The van der Waals surface area contributed by atoms with Gasteiger partial charge in [0.15, 0.2) is 11.5 Å². The van der Waals surface area contributed by atoms with E-state index in [1.54, 1.807) is 21.3 Å². The molecule has 4 aromatic carbocycles. The number of methoxy groups -OCH3 is 3. The molecule has 1 aliphatic carbocycles. The summed E-state index contributed by atoms with van der Waals surface area (Å²) in [6.07, 6.45) is 5.58. The molecule has 0 saturated carbocycles. The highest BCUT2D eigenvalue weighted by Gasteiger charge is 2.25. The average Bonchev–Trinajstić information content (AvgIpc) is 3.55. The molecule has 0 bridgehead atoms. The Morgan fingerprint density at radius 3 is 1.96 bits per heavy atom. The van der Waals surface area contributed by atoms with Crippen LogP contribution in [0.4, 0.5) is 0 Å². The normalized spacial score (nSPS) is 14.9. The molecule has 0 spiro atoms. The zero-order chi connectivity index (χ0) is 33.2. The van der Waals surface area contributed by atoms with Crippen LogP contribution >= 0.6 is 0 Å². The van der Waals surface area contributed by atoms with Gasteiger partial charge in [0.05, 0.1) is 27.2 Å².